The number of hydrogen-bond acceptors (Lipinski definition) is 4. The summed E-state index contributed by atoms with van der Waals surface area (Å²) in [7, 11) is 0. The fourth-order valence-electron chi connectivity index (χ4n) is 1.51. The summed E-state index contributed by atoms with van der Waals surface area (Å²) in [5.41, 5.74) is 1.25. The molecule has 6 heteroatoms. The van der Waals surface area contributed by atoms with E-state index >= 15 is 0 Å². The van der Waals surface area contributed by atoms with Crippen LogP contribution < -0.4 is 0 Å². The van der Waals surface area contributed by atoms with Gasteiger partial charge in [-0.15, -0.1) is 0 Å². The largest absolute Gasteiger partial charge is 0.478 e. The lowest BCUT2D eigenvalue weighted by molar-refractivity contribution is 0.0696. The quantitative estimate of drug-likeness (QED) is 0.826. The lowest BCUT2D eigenvalue weighted by atomic mass is 10.1. The summed E-state index contributed by atoms with van der Waals surface area (Å²) in [6.07, 6.45) is 3.13. The van der Waals surface area contributed by atoms with Gasteiger partial charge in [0, 0.05) is 18.0 Å². The average Bonchev–Trinajstić information content (AvgIpc) is 2.28. The number of carboxylic acids is 1. The van der Waals surface area contributed by atoms with E-state index in [0.29, 0.717) is 11.3 Å². The molecule has 2 aromatic heterocycles. The molecule has 1 N–H and O–H groups in total. The van der Waals surface area contributed by atoms with Gasteiger partial charge in [0.1, 0.15) is 5.56 Å². The molecule has 2 heterocycles. The predicted octanol–water partition coefficient (Wildman–Crippen LogP) is 2.20. The number of rotatable bonds is 2. The van der Waals surface area contributed by atoms with Crippen LogP contribution in [0.1, 0.15) is 16.1 Å². The molecule has 5 nitrogen and oxygen atoms in total. The van der Waals surface area contributed by atoms with Crippen LogP contribution >= 0.6 is 11.6 Å². The normalized spacial score (nSPS) is 10.2. The Kier molecular flexibility index (Phi) is 3.01. The highest BCUT2D eigenvalue weighted by atomic mass is 35.5. The number of halogens is 1. The van der Waals surface area contributed by atoms with Crippen molar-refractivity contribution in [2.24, 2.45) is 0 Å². The molecule has 17 heavy (non-hydrogen) atoms. The maximum atomic E-state index is 11.2. The van der Waals surface area contributed by atoms with E-state index in [1.165, 1.54) is 6.20 Å². The molecule has 0 saturated heterocycles. The summed E-state index contributed by atoms with van der Waals surface area (Å²) in [5.74, 6) is -1.09. The molecule has 0 bridgehead atoms. The van der Waals surface area contributed by atoms with Crippen LogP contribution in [0, 0.1) is 6.92 Å². The van der Waals surface area contributed by atoms with Gasteiger partial charge in [0.15, 0.2) is 0 Å². The average molecular weight is 250 g/mol. The van der Waals surface area contributed by atoms with Crippen molar-refractivity contribution in [1.29, 1.82) is 0 Å². The van der Waals surface area contributed by atoms with Crippen molar-refractivity contribution in [2.45, 2.75) is 6.92 Å². The maximum Gasteiger partial charge on any atom is 0.339 e. The van der Waals surface area contributed by atoms with Crippen LogP contribution in [0.25, 0.3) is 11.3 Å². The highest BCUT2D eigenvalue weighted by Gasteiger charge is 2.18. The van der Waals surface area contributed by atoms with Crippen LogP contribution in [-0.2, 0) is 0 Å². The molecule has 0 radical (unpaired) electrons. The van der Waals surface area contributed by atoms with Crippen molar-refractivity contribution in [3.63, 3.8) is 0 Å². The Morgan fingerprint density at radius 2 is 2.18 bits per heavy atom. The van der Waals surface area contributed by atoms with E-state index in [-0.39, 0.29) is 16.5 Å². The van der Waals surface area contributed by atoms with Gasteiger partial charge in [0.2, 0.25) is 5.28 Å². The molecule has 86 valence electrons. The second-order valence-corrected chi connectivity index (χ2v) is 3.69. The predicted molar refractivity (Wildman–Crippen MR) is 62.0 cm³/mol. The highest BCUT2D eigenvalue weighted by Crippen LogP contribution is 2.24. The molecule has 0 spiro atoms. The Bertz CT molecular complexity index is 572. The Labute approximate surface area is 102 Å². The standard InChI is InChI=1S/C11H8ClN3O2/c1-6-8(10(16)17)9(15-11(12)14-6)7-3-2-4-13-5-7/h2-5H,1H3,(H,16,17). The minimum atomic E-state index is -1.09. The Hall–Kier alpha value is -2.01. The molecule has 0 aliphatic carbocycles. The topological polar surface area (TPSA) is 76.0 Å². The van der Waals surface area contributed by atoms with Crippen LogP contribution in [-0.4, -0.2) is 26.0 Å². The number of nitrogens with zero attached hydrogens (tertiary/aromatic N) is 3. The van der Waals surface area contributed by atoms with Crippen molar-refractivity contribution >= 4 is 17.6 Å². The van der Waals surface area contributed by atoms with Crippen molar-refractivity contribution in [1.82, 2.24) is 15.0 Å². The molecule has 0 aliphatic heterocycles. The zero-order valence-electron chi connectivity index (χ0n) is 8.88. The maximum absolute atomic E-state index is 11.2. The van der Waals surface area contributed by atoms with Crippen molar-refractivity contribution in [2.75, 3.05) is 0 Å². The van der Waals surface area contributed by atoms with E-state index in [1.807, 2.05) is 0 Å². The third-order valence-corrected chi connectivity index (χ3v) is 2.38. The van der Waals surface area contributed by atoms with Gasteiger partial charge < -0.3 is 5.11 Å². The lowest BCUT2D eigenvalue weighted by Gasteiger charge is -2.07. The SMILES string of the molecule is Cc1nc(Cl)nc(-c2cccnc2)c1C(=O)O. The van der Waals surface area contributed by atoms with Gasteiger partial charge in [-0.2, -0.15) is 0 Å². The molecule has 0 fully saturated rings. The molecule has 0 unspecified atom stereocenters. The Balaban J connectivity index is 2.72. The molecule has 0 saturated carbocycles. The zero-order chi connectivity index (χ0) is 12.4. The fraction of sp³-hybridized carbons (Fsp3) is 0.0909. The Morgan fingerprint density at radius 3 is 2.76 bits per heavy atom. The summed E-state index contributed by atoms with van der Waals surface area (Å²) in [6.45, 7) is 1.58. The highest BCUT2D eigenvalue weighted by molar-refractivity contribution is 6.28. The number of aryl methyl sites for hydroxylation is 1. The van der Waals surface area contributed by atoms with Crippen LogP contribution in [0.3, 0.4) is 0 Å². The smallest absolute Gasteiger partial charge is 0.339 e. The number of hydrogen-bond donors (Lipinski definition) is 1. The van der Waals surface area contributed by atoms with Gasteiger partial charge in [-0.1, -0.05) is 0 Å². The van der Waals surface area contributed by atoms with Crippen molar-refractivity contribution < 1.29 is 9.90 Å². The van der Waals surface area contributed by atoms with Crippen molar-refractivity contribution in [3.8, 4) is 11.3 Å². The first-order valence-electron chi connectivity index (χ1n) is 4.77. The summed E-state index contributed by atoms with van der Waals surface area (Å²) in [4.78, 5) is 22.9. The van der Waals surface area contributed by atoms with E-state index in [0.717, 1.165) is 0 Å². The Morgan fingerprint density at radius 1 is 1.41 bits per heavy atom. The van der Waals surface area contributed by atoms with E-state index in [9.17, 15) is 4.79 Å². The fourth-order valence-corrected chi connectivity index (χ4v) is 1.72. The van der Waals surface area contributed by atoms with Gasteiger partial charge in [-0.25, -0.2) is 14.8 Å². The second kappa shape index (κ2) is 4.47. The first-order valence-corrected chi connectivity index (χ1v) is 5.15. The molecule has 0 amide bonds. The number of aromatic carboxylic acids is 1. The van der Waals surface area contributed by atoms with E-state index < -0.39 is 5.97 Å². The van der Waals surface area contributed by atoms with Crippen LogP contribution in [0.5, 0.6) is 0 Å². The number of aromatic nitrogens is 3. The number of carboxylic acid groups (broad SMARTS) is 1. The molecule has 0 atom stereocenters. The van der Waals surface area contributed by atoms with E-state index in [4.69, 9.17) is 16.7 Å². The van der Waals surface area contributed by atoms with Gasteiger partial charge in [-0.05, 0) is 30.7 Å². The first kappa shape index (κ1) is 11.5. The number of carbonyl (C=O) groups is 1. The van der Waals surface area contributed by atoms with Crippen molar-refractivity contribution in [3.05, 3.63) is 41.1 Å². The molecule has 2 rings (SSSR count). The summed E-state index contributed by atoms with van der Waals surface area (Å²) < 4.78 is 0. The monoisotopic (exact) mass is 249 g/mol. The van der Waals surface area contributed by atoms with Gasteiger partial charge in [0.05, 0.1) is 11.4 Å². The third kappa shape index (κ3) is 2.24. The lowest BCUT2D eigenvalue weighted by Crippen LogP contribution is -2.07. The second-order valence-electron chi connectivity index (χ2n) is 3.35. The summed E-state index contributed by atoms with van der Waals surface area (Å²) in [5, 5.41) is 9.17. The molecular formula is C11H8ClN3O2. The molecule has 0 aliphatic rings. The van der Waals surface area contributed by atoms with Crippen LogP contribution in [0.15, 0.2) is 24.5 Å². The third-order valence-electron chi connectivity index (χ3n) is 2.21. The zero-order valence-corrected chi connectivity index (χ0v) is 9.64. The summed E-state index contributed by atoms with van der Waals surface area (Å²) in [6, 6.07) is 3.42. The number of pyridine rings is 1. The van der Waals surface area contributed by atoms with Crippen LogP contribution in [0.2, 0.25) is 5.28 Å². The molecular weight excluding hydrogens is 242 g/mol. The first-order chi connectivity index (χ1) is 8.09. The molecule has 2 aromatic rings. The van der Waals surface area contributed by atoms with Gasteiger partial charge in [-0.3, -0.25) is 4.98 Å². The van der Waals surface area contributed by atoms with Crippen LogP contribution in [0.4, 0.5) is 0 Å². The summed E-state index contributed by atoms with van der Waals surface area (Å²) >= 11 is 5.74. The van der Waals surface area contributed by atoms with E-state index in [1.54, 1.807) is 25.3 Å². The van der Waals surface area contributed by atoms with Gasteiger partial charge in [0.25, 0.3) is 0 Å². The minimum Gasteiger partial charge on any atom is -0.478 e. The minimum absolute atomic E-state index is 0.0198. The molecule has 0 aromatic carbocycles. The van der Waals surface area contributed by atoms with Gasteiger partial charge >= 0.3 is 5.97 Å². The van der Waals surface area contributed by atoms with E-state index in [2.05, 4.69) is 15.0 Å².